The van der Waals surface area contributed by atoms with Crippen molar-refractivity contribution in [1.29, 1.82) is 0 Å². The van der Waals surface area contributed by atoms with Crippen molar-refractivity contribution in [1.82, 2.24) is 14.3 Å². The number of ether oxygens (including phenoxy) is 1. The van der Waals surface area contributed by atoms with Gasteiger partial charge in [-0.1, -0.05) is 11.6 Å². The predicted molar refractivity (Wildman–Crippen MR) is 73.1 cm³/mol. The molecule has 0 aliphatic carbocycles. The SMILES string of the molecule is COc1nn(C)c(=O)n1-c1ccc(Cl)c(I)c1. The van der Waals surface area contributed by atoms with Crippen LogP contribution in [0.5, 0.6) is 6.01 Å². The minimum Gasteiger partial charge on any atom is -0.467 e. The molecule has 0 radical (unpaired) electrons. The highest BCUT2D eigenvalue weighted by molar-refractivity contribution is 14.1. The molecule has 17 heavy (non-hydrogen) atoms. The van der Waals surface area contributed by atoms with Crippen LogP contribution in [0, 0.1) is 3.57 Å². The first-order chi connectivity index (χ1) is 8.04. The lowest BCUT2D eigenvalue weighted by Crippen LogP contribution is -2.21. The van der Waals surface area contributed by atoms with Gasteiger partial charge in [0, 0.05) is 10.6 Å². The van der Waals surface area contributed by atoms with Crippen LogP contribution in [0.1, 0.15) is 0 Å². The fraction of sp³-hybridized carbons (Fsp3) is 0.200. The van der Waals surface area contributed by atoms with Crippen molar-refractivity contribution < 1.29 is 4.74 Å². The summed E-state index contributed by atoms with van der Waals surface area (Å²) in [5.74, 6) is 0. The van der Waals surface area contributed by atoms with Crippen LogP contribution in [0.2, 0.25) is 5.02 Å². The third kappa shape index (κ3) is 2.19. The molecule has 1 aromatic carbocycles. The topological polar surface area (TPSA) is 49.1 Å². The minimum atomic E-state index is -0.264. The highest BCUT2D eigenvalue weighted by Gasteiger charge is 2.14. The summed E-state index contributed by atoms with van der Waals surface area (Å²) in [7, 11) is 3.04. The highest BCUT2D eigenvalue weighted by Crippen LogP contribution is 2.22. The van der Waals surface area contributed by atoms with E-state index in [9.17, 15) is 4.79 Å². The van der Waals surface area contributed by atoms with E-state index in [2.05, 4.69) is 27.7 Å². The van der Waals surface area contributed by atoms with Gasteiger partial charge in [-0.25, -0.2) is 14.0 Å². The maximum atomic E-state index is 11.9. The Morgan fingerprint density at radius 3 is 2.76 bits per heavy atom. The van der Waals surface area contributed by atoms with Crippen molar-refractivity contribution in [3.8, 4) is 11.7 Å². The van der Waals surface area contributed by atoms with Crippen molar-refractivity contribution >= 4 is 34.2 Å². The molecule has 90 valence electrons. The van der Waals surface area contributed by atoms with E-state index in [1.54, 1.807) is 25.2 Å². The molecule has 0 saturated heterocycles. The standard InChI is InChI=1S/C10H9ClIN3O2/c1-14-10(16)15(9(13-14)17-2)6-3-4-7(11)8(12)5-6/h3-5H,1-2H3. The normalized spacial score (nSPS) is 10.6. The maximum Gasteiger partial charge on any atom is 0.353 e. The van der Waals surface area contributed by atoms with E-state index in [0.29, 0.717) is 10.7 Å². The Morgan fingerprint density at radius 1 is 1.47 bits per heavy atom. The van der Waals surface area contributed by atoms with Gasteiger partial charge in [-0.3, -0.25) is 0 Å². The van der Waals surface area contributed by atoms with Crippen LogP contribution in [-0.4, -0.2) is 21.5 Å². The second kappa shape index (κ2) is 4.69. The quantitative estimate of drug-likeness (QED) is 0.763. The second-order valence-electron chi connectivity index (χ2n) is 3.33. The molecular formula is C10H9ClIN3O2. The molecule has 7 heteroatoms. The van der Waals surface area contributed by atoms with Gasteiger partial charge in [0.05, 0.1) is 17.8 Å². The Kier molecular flexibility index (Phi) is 3.43. The van der Waals surface area contributed by atoms with E-state index in [1.165, 1.54) is 16.4 Å². The predicted octanol–water partition coefficient (Wildman–Crippen LogP) is 1.84. The molecular weight excluding hydrogens is 356 g/mol. The van der Waals surface area contributed by atoms with Crippen molar-refractivity contribution in [3.05, 3.63) is 37.3 Å². The maximum absolute atomic E-state index is 11.9. The Hall–Kier alpha value is -1.02. The monoisotopic (exact) mass is 365 g/mol. The summed E-state index contributed by atoms with van der Waals surface area (Å²) < 4.78 is 8.54. The molecule has 5 nitrogen and oxygen atoms in total. The zero-order valence-electron chi connectivity index (χ0n) is 9.15. The lowest BCUT2D eigenvalue weighted by molar-refractivity contribution is 0.368. The first-order valence-electron chi connectivity index (χ1n) is 4.70. The third-order valence-electron chi connectivity index (χ3n) is 2.24. The van der Waals surface area contributed by atoms with E-state index in [1.807, 2.05) is 0 Å². The Bertz CT molecular complexity index is 620. The smallest absolute Gasteiger partial charge is 0.353 e. The van der Waals surface area contributed by atoms with Crippen LogP contribution in [0.15, 0.2) is 23.0 Å². The lowest BCUT2D eigenvalue weighted by Gasteiger charge is -2.05. The number of rotatable bonds is 2. The molecule has 2 rings (SSSR count). The molecule has 1 aromatic heterocycles. The first-order valence-corrected chi connectivity index (χ1v) is 6.15. The van der Waals surface area contributed by atoms with Crippen molar-refractivity contribution in [2.75, 3.05) is 7.11 Å². The van der Waals surface area contributed by atoms with Crippen LogP contribution < -0.4 is 10.4 Å². The van der Waals surface area contributed by atoms with E-state index < -0.39 is 0 Å². The third-order valence-corrected chi connectivity index (χ3v) is 3.78. The van der Waals surface area contributed by atoms with Crippen LogP contribution in [0.25, 0.3) is 5.69 Å². The summed E-state index contributed by atoms with van der Waals surface area (Å²) in [5.41, 5.74) is 0.411. The van der Waals surface area contributed by atoms with Gasteiger partial charge in [0.15, 0.2) is 0 Å². The van der Waals surface area contributed by atoms with Crippen molar-refractivity contribution in [3.63, 3.8) is 0 Å². The molecule has 0 atom stereocenters. The first kappa shape index (κ1) is 12.4. The minimum absolute atomic E-state index is 0.246. The average molecular weight is 366 g/mol. The Morgan fingerprint density at radius 2 is 2.18 bits per heavy atom. The van der Waals surface area contributed by atoms with Gasteiger partial charge >= 0.3 is 11.7 Å². The summed E-state index contributed by atoms with van der Waals surface area (Å²) in [4.78, 5) is 11.9. The number of aromatic nitrogens is 3. The summed E-state index contributed by atoms with van der Waals surface area (Å²) in [6, 6.07) is 5.53. The van der Waals surface area contributed by atoms with E-state index in [0.717, 1.165) is 3.57 Å². The van der Waals surface area contributed by atoms with Gasteiger partial charge in [0.2, 0.25) is 0 Å². The largest absolute Gasteiger partial charge is 0.467 e. The van der Waals surface area contributed by atoms with Gasteiger partial charge in [-0.15, -0.1) is 5.10 Å². The number of nitrogens with zero attached hydrogens (tertiary/aromatic N) is 3. The molecule has 0 aliphatic heterocycles. The second-order valence-corrected chi connectivity index (χ2v) is 4.90. The molecule has 0 bridgehead atoms. The molecule has 0 aliphatic rings. The van der Waals surface area contributed by atoms with Crippen LogP contribution in [-0.2, 0) is 7.05 Å². The van der Waals surface area contributed by atoms with Gasteiger partial charge in [-0.05, 0) is 40.8 Å². The lowest BCUT2D eigenvalue weighted by atomic mass is 10.3. The van der Waals surface area contributed by atoms with Gasteiger partial charge in [0.25, 0.3) is 0 Å². The zero-order valence-corrected chi connectivity index (χ0v) is 12.1. The molecule has 0 fully saturated rings. The van der Waals surface area contributed by atoms with Crippen LogP contribution in [0.3, 0.4) is 0 Å². The fourth-order valence-electron chi connectivity index (χ4n) is 1.42. The Labute approximate surface area is 116 Å². The number of aryl methyl sites for hydroxylation is 1. The fourth-order valence-corrected chi connectivity index (χ4v) is 2.04. The summed E-state index contributed by atoms with van der Waals surface area (Å²) in [5, 5.41) is 4.61. The van der Waals surface area contributed by atoms with E-state index in [-0.39, 0.29) is 11.7 Å². The number of hydrogen-bond acceptors (Lipinski definition) is 3. The molecule has 0 amide bonds. The average Bonchev–Trinajstić information content (AvgIpc) is 2.59. The molecule has 0 saturated carbocycles. The number of halogens is 2. The van der Waals surface area contributed by atoms with Gasteiger partial charge < -0.3 is 4.74 Å². The molecule has 2 aromatic rings. The summed E-state index contributed by atoms with van der Waals surface area (Å²) in [6.45, 7) is 0. The number of methoxy groups -OCH3 is 1. The molecule has 0 unspecified atom stereocenters. The molecule has 0 spiro atoms. The van der Waals surface area contributed by atoms with Gasteiger partial charge in [0.1, 0.15) is 0 Å². The van der Waals surface area contributed by atoms with Crippen LogP contribution in [0.4, 0.5) is 0 Å². The van der Waals surface area contributed by atoms with E-state index >= 15 is 0 Å². The van der Waals surface area contributed by atoms with Crippen molar-refractivity contribution in [2.24, 2.45) is 7.05 Å². The van der Waals surface area contributed by atoms with Crippen LogP contribution >= 0.6 is 34.2 Å². The molecule has 1 heterocycles. The summed E-state index contributed by atoms with van der Waals surface area (Å²) >= 11 is 8.04. The number of benzene rings is 1. The highest BCUT2D eigenvalue weighted by atomic mass is 127. The molecule has 0 N–H and O–H groups in total. The van der Waals surface area contributed by atoms with E-state index in [4.69, 9.17) is 16.3 Å². The summed E-state index contributed by atoms with van der Waals surface area (Å²) in [6.07, 6.45) is 0. The van der Waals surface area contributed by atoms with Crippen molar-refractivity contribution in [2.45, 2.75) is 0 Å². The Balaban J connectivity index is 2.67. The zero-order chi connectivity index (χ0) is 12.6. The number of hydrogen-bond donors (Lipinski definition) is 0. The van der Waals surface area contributed by atoms with Gasteiger partial charge in [-0.2, -0.15) is 0 Å².